The number of carbonyl (C=O) groups excluding carboxylic acids is 3. The van der Waals surface area contributed by atoms with Crippen molar-refractivity contribution in [3.05, 3.63) is 24.0 Å². The summed E-state index contributed by atoms with van der Waals surface area (Å²) in [6.45, 7) is 7.70. The van der Waals surface area contributed by atoms with E-state index in [-0.39, 0.29) is 30.8 Å². The Labute approximate surface area is 180 Å². The van der Waals surface area contributed by atoms with E-state index in [1.807, 2.05) is 4.90 Å². The van der Waals surface area contributed by atoms with Gasteiger partial charge >= 0.3 is 12.2 Å². The molecule has 9 nitrogen and oxygen atoms in total. The van der Waals surface area contributed by atoms with Gasteiger partial charge in [-0.3, -0.25) is 9.69 Å². The zero-order chi connectivity index (χ0) is 22.5. The molecule has 0 radical (unpaired) electrons. The van der Waals surface area contributed by atoms with Crippen molar-refractivity contribution in [2.45, 2.75) is 26.9 Å². The maximum absolute atomic E-state index is 14.9. The lowest BCUT2D eigenvalue weighted by molar-refractivity contribution is -0.119. The highest BCUT2D eigenvalue weighted by Crippen LogP contribution is 2.32. The van der Waals surface area contributed by atoms with Gasteiger partial charge in [0, 0.05) is 26.6 Å². The van der Waals surface area contributed by atoms with Crippen LogP contribution in [0.25, 0.3) is 0 Å². The van der Waals surface area contributed by atoms with E-state index in [2.05, 4.69) is 17.6 Å². The van der Waals surface area contributed by atoms with Crippen LogP contribution in [0.1, 0.15) is 20.8 Å². The minimum atomic E-state index is -0.567. The summed E-state index contributed by atoms with van der Waals surface area (Å²) in [5.41, 5.74) is 0.862. The van der Waals surface area contributed by atoms with Crippen molar-refractivity contribution in [3.63, 3.8) is 0 Å². The summed E-state index contributed by atoms with van der Waals surface area (Å²) >= 11 is 0. The number of halogens is 1. The van der Waals surface area contributed by atoms with Gasteiger partial charge in [-0.25, -0.2) is 14.0 Å². The Morgan fingerprint density at radius 2 is 2.00 bits per heavy atom. The molecule has 1 aromatic carbocycles. The molecule has 0 saturated carbocycles. The Bertz CT molecular complexity index is 836. The van der Waals surface area contributed by atoms with E-state index < -0.39 is 24.1 Å². The molecule has 2 N–H and O–H groups in total. The Morgan fingerprint density at radius 1 is 1.23 bits per heavy atom. The summed E-state index contributed by atoms with van der Waals surface area (Å²) in [6, 6.07) is 4.68. The highest BCUT2D eigenvalue weighted by molar-refractivity contribution is 5.90. The molecule has 3 atom stereocenters. The van der Waals surface area contributed by atoms with Gasteiger partial charge in [0.1, 0.15) is 11.9 Å². The van der Waals surface area contributed by atoms with Crippen LogP contribution in [0.4, 0.5) is 25.4 Å². The third-order valence-corrected chi connectivity index (χ3v) is 5.59. The molecule has 0 aromatic heterocycles. The number of hydrogen-bond donors (Lipinski definition) is 2. The van der Waals surface area contributed by atoms with Crippen molar-refractivity contribution in [3.8, 4) is 0 Å². The predicted molar refractivity (Wildman–Crippen MR) is 113 cm³/mol. The number of benzene rings is 1. The number of amides is 3. The minimum absolute atomic E-state index is 0.173. The van der Waals surface area contributed by atoms with E-state index in [0.29, 0.717) is 37.6 Å². The molecule has 3 amide bonds. The van der Waals surface area contributed by atoms with Crippen LogP contribution < -0.4 is 20.4 Å². The average Bonchev–Trinajstić information content (AvgIpc) is 3.27. The molecule has 0 bridgehead atoms. The SMILES string of the molecule is CCOC(=O)NC[C@H]1CN(c2ccc(N3C[C@H](CNC(C)=O)OC3=O)cc2F)C[C@@H]1C. The lowest BCUT2D eigenvalue weighted by Crippen LogP contribution is -2.33. The van der Waals surface area contributed by atoms with Crippen LogP contribution in [-0.2, 0) is 14.3 Å². The van der Waals surface area contributed by atoms with E-state index in [0.717, 1.165) is 0 Å². The molecule has 31 heavy (non-hydrogen) atoms. The molecule has 10 heteroatoms. The molecule has 0 aliphatic carbocycles. The smallest absolute Gasteiger partial charge is 0.414 e. The van der Waals surface area contributed by atoms with Gasteiger partial charge in [-0.15, -0.1) is 0 Å². The molecule has 2 aliphatic rings. The van der Waals surface area contributed by atoms with E-state index in [9.17, 15) is 18.8 Å². The second kappa shape index (κ2) is 9.84. The van der Waals surface area contributed by atoms with E-state index in [4.69, 9.17) is 9.47 Å². The van der Waals surface area contributed by atoms with Gasteiger partial charge in [0.15, 0.2) is 0 Å². The van der Waals surface area contributed by atoms with E-state index >= 15 is 0 Å². The first-order valence-corrected chi connectivity index (χ1v) is 10.5. The van der Waals surface area contributed by atoms with Crippen LogP contribution in [-0.4, -0.2) is 63.5 Å². The molecule has 2 heterocycles. The predicted octanol–water partition coefficient (Wildman–Crippen LogP) is 2.11. The van der Waals surface area contributed by atoms with Gasteiger partial charge in [0.05, 0.1) is 31.1 Å². The second-order valence-electron chi connectivity index (χ2n) is 7.93. The monoisotopic (exact) mass is 436 g/mol. The zero-order valence-electron chi connectivity index (χ0n) is 18.0. The summed E-state index contributed by atoms with van der Waals surface area (Å²) in [4.78, 5) is 38.0. The fraction of sp³-hybridized carbons (Fsp3) is 0.571. The van der Waals surface area contributed by atoms with Crippen LogP contribution in [0.2, 0.25) is 0 Å². The van der Waals surface area contributed by atoms with Crippen molar-refractivity contribution in [2.24, 2.45) is 11.8 Å². The third-order valence-electron chi connectivity index (χ3n) is 5.59. The number of hydrogen-bond acceptors (Lipinski definition) is 6. The van der Waals surface area contributed by atoms with E-state index in [1.165, 1.54) is 17.9 Å². The normalized spacial score (nSPS) is 23.0. The number of nitrogens with zero attached hydrogens (tertiary/aromatic N) is 2. The van der Waals surface area contributed by atoms with Gasteiger partial charge < -0.3 is 25.0 Å². The first kappa shape index (κ1) is 22.6. The highest BCUT2D eigenvalue weighted by Gasteiger charge is 2.34. The Kier molecular flexibility index (Phi) is 7.19. The van der Waals surface area contributed by atoms with Gasteiger partial charge in [-0.1, -0.05) is 6.92 Å². The number of rotatable bonds is 7. The third kappa shape index (κ3) is 5.56. The molecule has 2 aliphatic heterocycles. The van der Waals surface area contributed by atoms with Crippen molar-refractivity contribution >= 4 is 29.5 Å². The number of cyclic esters (lactones) is 1. The lowest BCUT2D eigenvalue weighted by atomic mass is 9.98. The summed E-state index contributed by atoms with van der Waals surface area (Å²) < 4.78 is 25.1. The molecule has 2 fully saturated rings. The minimum Gasteiger partial charge on any atom is -0.450 e. The first-order chi connectivity index (χ1) is 14.8. The largest absolute Gasteiger partial charge is 0.450 e. The topological polar surface area (TPSA) is 100 Å². The summed E-state index contributed by atoms with van der Waals surface area (Å²) in [5.74, 6) is -0.196. The van der Waals surface area contributed by atoms with Gasteiger partial charge in [0.2, 0.25) is 5.91 Å². The van der Waals surface area contributed by atoms with Crippen LogP contribution >= 0.6 is 0 Å². The molecule has 3 rings (SSSR count). The molecule has 0 unspecified atom stereocenters. The summed E-state index contributed by atoms with van der Waals surface area (Å²) in [7, 11) is 0. The Morgan fingerprint density at radius 3 is 2.68 bits per heavy atom. The van der Waals surface area contributed by atoms with Crippen LogP contribution in [0.3, 0.4) is 0 Å². The lowest BCUT2D eigenvalue weighted by Gasteiger charge is -2.21. The summed E-state index contributed by atoms with van der Waals surface area (Å²) in [5, 5.41) is 5.36. The van der Waals surface area contributed by atoms with Gasteiger partial charge in [-0.2, -0.15) is 0 Å². The van der Waals surface area contributed by atoms with Crippen molar-refractivity contribution in [2.75, 3.05) is 49.1 Å². The number of carbonyl (C=O) groups is 3. The molecule has 170 valence electrons. The Hall–Kier alpha value is -3.04. The summed E-state index contributed by atoms with van der Waals surface area (Å²) in [6.07, 6.45) is -1.49. The first-order valence-electron chi connectivity index (χ1n) is 10.5. The van der Waals surface area contributed by atoms with Crippen molar-refractivity contribution in [1.82, 2.24) is 10.6 Å². The number of alkyl carbamates (subject to hydrolysis) is 1. The molecule has 1 aromatic rings. The van der Waals surface area contributed by atoms with Crippen LogP contribution in [0, 0.1) is 17.7 Å². The van der Waals surface area contributed by atoms with E-state index in [1.54, 1.807) is 19.1 Å². The van der Waals surface area contributed by atoms with Crippen molar-refractivity contribution in [1.29, 1.82) is 0 Å². The zero-order valence-corrected chi connectivity index (χ0v) is 18.0. The van der Waals surface area contributed by atoms with Crippen LogP contribution in [0.5, 0.6) is 0 Å². The molecular formula is C21H29FN4O5. The van der Waals surface area contributed by atoms with Gasteiger partial charge in [0.25, 0.3) is 0 Å². The number of ether oxygens (including phenoxy) is 2. The second-order valence-corrected chi connectivity index (χ2v) is 7.93. The average molecular weight is 436 g/mol. The molecule has 2 saturated heterocycles. The standard InChI is InChI=1S/C21H29FN4O5/c1-4-30-20(28)24-8-15-11-25(10-13(15)2)19-6-5-16(7-18(19)22)26-12-17(31-21(26)29)9-23-14(3)27/h5-7,13,15,17H,4,8-12H2,1-3H3,(H,23,27)(H,24,28)/t13-,15-,17-/m0/s1. The highest BCUT2D eigenvalue weighted by atomic mass is 19.1. The van der Waals surface area contributed by atoms with Crippen molar-refractivity contribution < 1.29 is 28.2 Å². The Balaban J connectivity index is 1.61. The number of nitrogens with one attached hydrogen (secondary N) is 2. The van der Waals surface area contributed by atoms with Crippen LogP contribution in [0.15, 0.2) is 18.2 Å². The fourth-order valence-electron chi connectivity index (χ4n) is 3.91. The fourth-order valence-corrected chi connectivity index (χ4v) is 3.91. The maximum atomic E-state index is 14.9. The maximum Gasteiger partial charge on any atom is 0.414 e. The molecular weight excluding hydrogens is 407 g/mol. The van der Waals surface area contributed by atoms with Gasteiger partial charge in [-0.05, 0) is 37.0 Å². The molecule has 0 spiro atoms. The quantitative estimate of drug-likeness (QED) is 0.679. The number of anilines is 2.